The van der Waals surface area contributed by atoms with E-state index in [1.54, 1.807) is 6.92 Å². The van der Waals surface area contributed by atoms with E-state index in [9.17, 15) is 0 Å². The van der Waals surface area contributed by atoms with Crippen LogP contribution in [-0.2, 0) is 4.65 Å². The zero-order valence-electron chi connectivity index (χ0n) is 5.29. The fourth-order valence-corrected chi connectivity index (χ4v) is 0.423. The molecule has 0 bridgehead atoms. The Hall–Kier alpha value is -0.0151. The van der Waals surface area contributed by atoms with Gasteiger partial charge in [-0.3, -0.25) is 0 Å². The molecule has 1 N–H and O–H groups in total. The second kappa shape index (κ2) is 3.92. The second-order valence-corrected chi connectivity index (χ2v) is 1.82. The van der Waals surface area contributed by atoms with Crippen LogP contribution in [0.15, 0.2) is 0 Å². The van der Waals surface area contributed by atoms with E-state index in [0.29, 0.717) is 6.42 Å². The first-order chi connectivity index (χ1) is 3.72. The molecule has 0 saturated heterocycles. The van der Waals surface area contributed by atoms with Crippen LogP contribution in [0.2, 0.25) is 0 Å². The van der Waals surface area contributed by atoms with Gasteiger partial charge in [0.2, 0.25) is 0 Å². The van der Waals surface area contributed by atoms with Gasteiger partial charge in [0, 0.05) is 0 Å². The highest BCUT2D eigenvalue weighted by Crippen LogP contribution is 1.99. The summed E-state index contributed by atoms with van der Waals surface area (Å²) in [6, 6.07) is 0. The van der Waals surface area contributed by atoms with E-state index in [4.69, 9.17) is 13.2 Å². The Morgan fingerprint density at radius 1 is 1.75 bits per heavy atom. The summed E-state index contributed by atoms with van der Waals surface area (Å²) in [5, 5.41) is 8.92. The average molecular weight is 114 g/mol. The van der Waals surface area contributed by atoms with Crippen molar-refractivity contribution in [1.82, 2.24) is 0 Å². The minimum atomic E-state index is -0.431. The van der Waals surface area contributed by atoms with Gasteiger partial charge in [-0.25, -0.2) is 0 Å². The van der Waals surface area contributed by atoms with Crippen LogP contribution >= 0.6 is 0 Å². The zero-order valence-corrected chi connectivity index (χ0v) is 5.29. The number of hydrogen-bond acceptors (Lipinski definition) is 2. The van der Waals surface area contributed by atoms with Crippen molar-refractivity contribution in [3.05, 3.63) is 0 Å². The minimum Gasteiger partial charge on any atom is -0.443 e. The van der Waals surface area contributed by atoms with Crippen LogP contribution in [-0.4, -0.2) is 25.4 Å². The fourth-order valence-electron chi connectivity index (χ4n) is 0.423. The number of rotatable bonds is 3. The smallest absolute Gasteiger partial charge is 0.283 e. The summed E-state index contributed by atoms with van der Waals surface area (Å²) in [5.74, 6) is 0. The van der Waals surface area contributed by atoms with Crippen molar-refractivity contribution >= 4 is 8.05 Å². The van der Waals surface area contributed by atoms with Crippen LogP contribution in [0.3, 0.4) is 0 Å². The molecule has 0 fully saturated rings. The molecule has 46 valence electrons. The van der Waals surface area contributed by atoms with Gasteiger partial charge in [0.1, 0.15) is 0 Å². The van der Waals surface area contributed by atoms with Crippen LogP contribution in [0.4, 0.5) is 0 Å². The zero-order chi connectivity index (χ0) is 6.57. The summed E-state index contributed by atoms with van der Waals surface area (Å²) < 4.78 is 4.35. The molecule has 0 aliphatic rings. The lowest BCUT2D eigenvalue weighted by Crippen LogP contribution is -2.23. The van der Waals surface area contributed by atoms with E-state index in [1.165, 1.54) is 0 Å². The van der Waals surface area contributed by atoms with Crippen LogP contribution in [0.25, 0.3) is 0 Å². The van der Waals surface area contributed by atoms with E-state index in [2.05, 4.69) is 4.65 Å². The maximum absolute atomic E-state index is 8.92. The number of aliphatic hydroxyl groups is 1. The molecule has 0 aliphatic heterocycles. The molecule has 0 amide bonds. The van der Waals surface area contributed by atoms with E-state index >= 15 is 0 Å². The van der Waals surface area contributed by atoms with E-state index in [0.717, 1.165) is 0 Å². The highest BCUT2D eigenvalue weighted by molar-refractivity contribution is 5.98. The Morgan fingerprint density at radius 2 is 2.25 bits per heavy atom. The summed E-state index contributed by atoms with van der Waals surface area (Å²) in [6.45, 7) is 3.61. The monoisotopic (exact) mass is 114 g/mol. The molecule has 2 atom stereocenters. The van der Waals surface area contributed by atoms with Crippen molar-refractivity contribution in [2.75, 3.05) is 0 Å². The van der Waals surface area contributed by atoms with Crippen LogP contribution in [0.1, 0.15) is 20.3 Å². The third-order valence-corrected chi connectivity index (χ3v) is 1.17. The first-order valence-electron chi connectivity index (χ1n) is 2.76. The molecule has 8 heavy (non-hydrogen) atoms. The molecule has 3 heteroatoms. The summed E-state index contributed by atoms with van der Waals surface area (Å²) >= 11 is 0. The lowest BCUT2D eigenvalue weighted by molar-refractivity contribution is 0.0505. The topological polar surface area (TPSA) is 29.5 Å². The third-order valence-electron chi connectivity index (χ3n) is 1.17. The second-order valence-electron chi connectivity index (χ2n) is 1.82. The Labute approximate surface area is 51.3 Å². The maximum atomic E-state index is 8.92. The van der Waals surface area contributed by atoms with Gasteiger partial charge in [-0.05, 0) is 13.3 Å². The minimum absolute atomic E-state index is 0.250. The highest BCUT2D eigenvalue weighted by atomic mass is 16.4. The van der Waals surface area contributed by atoms with Gasteiger partial charge in [0.15, 0.2) is 0 Å². The van der Waals surface area contributed by atoms with Gasteiger partial charge < -0.3 is 9.76 Å². The average Bonchev–Trinajstić information content (AvgIpc) is 1.84. The van der Waals surface area contributed by atoms with Crippen LogP contribution < -0.4 is 0 Å². The first-order valence-corrected chi connectivity index (χ1v) is 2.76. The van der Waals surface area contributed by atoms with Crippen molar-refractivity contribution in [3.63, 3.8) is 0 Å². The molecule has 0 aliphatic carbocycles. The Kier molecular flexibility index (Phi) is 3.92. The van der Waals surface area contributed by atoms with Crippen LogP contribution in [0, 0.1) is 0 Å². The largest absolute Gasteiger partial charge is 0.443 e. The maximum Gasteiger partial charge on any atom is 0.283 e. The standard InChI is InChI=1S/C5H11BO2/c1-3-5(7)4(2)8-6/h4-5,7H,3H2,1-2H3. The SMILES string of the molecule is [B]OC(C)C(O)CC. The van der Waals surface area contributed by atoms with E-state index < -0.39 is 6.10 Å². The Bertz CT molecular complexity index is 50.4. The first kappa shape index (κ1) is 7.98. The van der Waals surface area contributed by atoms with Gasteiger partial charge in [0.05, 0.1) is 12.2 Å². The molecule has 0 rings (SSSR count). The van der Waals surface area contributed by atoms with Crippen molar-refractivity contribution in [2.24, 2.45) is 0 Å². The quantitative estimate of drug-likeness (QED) is 0.532. The molecule has 0 aromatic heterocycles. The van der Waals surface area contributed by atoms with Crippen molar-refractivity contribution in [3.8, 4) is 0 Å². The van der Waals surface area contributed by atoms with Gasteiger partial charge in [-0.2, -0.15) is 0 Å². The van der Waals surface area contributed by atoms with Crippen molar-refractivity contribution in [1.29, 1.82) is 0 Å². The van der Waals surface area contributed by atoms with Gasteiger partial charge in [-0.15, -0.1) is 0 Å². The van der Waals surface area contributed by atoms with E-state index in [1.807, 2.05) is 6.92 Å². The van der Waals surface area contributed by atoms with E-state index in [-0.39, 0.29) is 6.10 Å². The summed E-state index contributed by atoms with van der Waals surface area (Å²) in [7, 11) is 4.79. The lowest BCUT2D eigenvalue weighted by Gasteiger charge is -2.14. The lowest BCUT2D eigenvalue weighted by atomic mass is 10.2. The van der Waals surface area contributed by atoms with Crippen molar-refractivity contribution < 1.29 is 9.76 Å². The molecular weight excluding hydrogens is 103 g/mol. The van der Waals surface area contributed by atoms with Crippen molar-refractivity contribution in [2.45, 2.75) is 32.5 Å². The molecule has 2 unspecified atom stereocenters. The molecule has 0 aromatic rings. The third kappa shape index (κ3) is 2.33. The normalized spacial score (nSPS) is 17.9. The predicted molar refractivity (Wildman–Crippen MR) is 32.6 cm³/mol. The predicted octanol–water partition coefficient (Wildman–Crippen LogP) is 0.246. The number of aliphatic hydroxyl groups excluding tert-OH is 1. The van der Waals surface area contributed by atoms with Gasteiger partial charge in [-0.1, -0.05) is 6.92 Å². The Morgan fingerprint density at radius 3 is 2.38 bits per heavy atom. The fraction of sp³-hybridized carbons (Fsp3) is 1.00. The van der Waals surface area contributed by atoms with Gasteiger partial charge >= 0.3 is 0 Å². The highest BCUT2D eigenvalue weighted by Gasteiger charge is 2.08. The summed E-state index contributed by atoms with van der Waals surface area (Å²) in [6.07, 6.45) is -0.00162. The van der Waals surface area contributed by atoms with Gasteiger partial charge in [0.25, 0.3) is 8.05 Å². The summed E-state index contributed by atoms with van der Waals surface area (Å²) in [5.41, 5.74) is 0. The molecule has 0 spiro atoms. The Balaban J connectivity index is 3.29. The molecule has 2 nitrogen and oxygen atoms in total. The molecule has 0 aromatic carbocycles. The summed E-state index contributed by atoms with van der Waals surface area (Å²) in [4.78, 5) is 0. The van der Waals surface area contributed by atoms with Crippen LogP contribution in [0.5, 0.6) is 0 Å². The molecule has 0 saturated carbocycles. The number of hydrogen-bond donors (Lipinski definition) is 1. The molecular formula is C5H11BO2. The molecule has 2 radical (unpaired) electrons. The molecule has 0 heterocycles.